The zero-order chi connectivity index (χ0) is 14.3. The summed E-state index contributed by atoms with van der Waals surface area (Å²) in [5.74, 6) is 0.409. The Labute approximate surface area is 114 Å². The van der Waals surface area contributed by atoms with Gasteiger partial charge >= 0.3 is 0 Å². The lowest BCUT2D eigenvalue weighted by Gasteiger charge is -2.05. The fourth-order valence-electron chi connectivity index (χ4n) is 1.28. The Kier molecular flexibility index (Phi) is 5.63. The molecule has 100 valence electrons. The van der Waals surface area contributed by atoms with Crippen LogP contribution in [0.3, 0.4) is 0 Å². The predicted molar refractivity (Wildman–Crippen MR) is 73.6 cm³/mol. The van der Waals surface area contributed by atoms with E-state index in [9.17, 15) is 10.1 Å². The number of hydrogen-bond donors (Lipinski definition) is 1. The van der Waals surface area contributed by atoms with Gasteiger partial charge in [0.2, 0.25) is 0 Å². The first-order valence-corrected chi connectivity index (χ1v) is 6.53. The smallest absolute Gasteiger partial charge is 0.298 e. The summed E-state index contributed by atoms with van der Waals surface area (Å²) < 4.78 is 5.20. The molecule has 0 aliphatic heterocycles. The highest BCUT2D eigenvalue weighted by Crippen LogP contribution is 2.31. The Morgan fingerprint density at radius 2 is 2.42 bits per heavy atom. The number of rotatable bonds is 4. The van der Waals surface area contributed by atoms with Crippen molar-refractivity contribution in [1.82, 2.24) is 5.32 Å². The van der Waals surface area contributed by atoms with E-state index in [1.54, 1.807) is 25.4 Å². The molecule has 19 heavy (non-hydrogen) atoms. The molecule has 8 heteroatoms. The number of nitrogens with zero attached hydrogens (tertiary/aromatic N) is 3. The summed E-state index contributed by atoms with van der Waals surface area (Å²) >= 11 is 1.19. The van der Waals surface area contributed by atoms with Gasteiger partial charge in [-0.15, -0.1) is 0 Å². The molecule has 1 aromatic carbocycles. The van der Waals surface area contributed by atoms with E-state index >= 15 is 0 Å². The maximum atomic E-state index is 11.0. The van der Waals surface area contributed by atoms with Crippen molar-refractivity contribution in [1.29, 1.82) is 5.26 Å². The standard InChI is InChI=1S/C11H12N4O3S/c1-3-18-8-4-5-9(10(6-8)15(16)17)14-11(19-2)13-7-12/h4-6H,3H2,1-2H3,(H,13,14). The third-order valence-corrected chi connectivity index (χ3v) is 2.61. The molecule has 0 fully saturated rings. The van der Waals surface area contributed by atoms with Crippen LogP contribution in [0.25, 0.3) is 0 Å². The number of nitrogens with one attached hydrogen (secondary N) is 1. The number of nitro benzene ring substituents is 1. The van der Waals surface area contributed by atoms with Gasteiger partial charge in [0.1, 0.15) is 11.4 Å². The second kappa shape index (κ2) is 7.23. The van der Waals surface area contributed by atoms with E-state index in [1.807, 2.05) is 0 Å². The van der Waals surface area contributed by atoms with Crippen molar-refractivity contribution >= 4 is 28.3 Å². The Balaban J connectivity index is 3.20. The number of aliphatic imine (C=N–C) groups is 1. The molecule has 7 nitrogen and oxygen atoms in total. The van der Waals surface area contributed by atoms with Crippen LogP contribution >= 0.6 is 11.8 Å². The molecular weight excluding hydrogens is 268 g/mol. The van der Waals surface area contributed by atoms with Crippen molar-refractivity contribution in [3.8, 4) is 11.9 Å². The van der Waals surface area contributed by atoms with Crippen LogP contribution in [0.15, 0.2) is 23.2 Å². The number of ether oxygens (including phenoxy) is 1. The summed E-state index contributed by atoms with van der Waals surface area (Å²) in [6, 6.07) is 4.39. The quantitative estimate of drug-likeness (QED) is 0.227. The fraction of sp³-hybridized carbons (Fsp3) is 0.273. The number of amidine groups is 1. The summed E-state index contributed by atoms with van der Waals surface area (Å²) in [6.45, 7) is 2.21. The monoisotopic (exact) mass is 280 g/mol. The van der Waals surface area contributed by atoms with Gasteiger partial charge in [0, 0.05) is 0 Å². The molecule has 0 saturated heterocycles. The van der Waals surface area contributed by atoms with Crippen molar-refractivity contribution in [3.05, 3.63) is 28.3 Å². The Bertz CT molecular complexity index is 539. The molecule has 1 aromatic rings. The van der Waals surface area contributed by atoms with E-state index in [0.717, 1.165) is 0 Å². The highest BCUT2D eigenvalue weighted by molar-refractivity contribution is 8.13. The Morgan fingerprint density at radius 1 is 1.68 bits per heavy atom. The topological polar surface area (TPSA) is 101 Å². The number of thioether (sulfide) groups is 1. The van der Waals surface area contributed by atoms with Crippen LogP contribution in [-0.4, -0.2) is 23.0 Å². The van der Waals surface area contributed by atoms with Crippen LogP contribution in [0.5, 0.6) is 5.75 Å². The third kappa shape index (κ3) is 4.15. The number of benzene rings is 1. The minimum Gasteiger partial charge on any atom is -0.494 e. The van der Waals surface area contributed by atoms with Crippen molar-refractivity contribution < 1.29 is 9.66 Å². The molecule has 0 saturated carbocycles. The average molecular weight is 280 g/mol. The third-order valence-electron chi connectivity index (χ3n) is 2.03. The van der Waals surface area contributed by atoms with E-state index in [2.05, 4.69) is 10.3 Å². The lowest BCUT2D eigenvalue weighted by atomic mass is 10.2. The largest absolute Gasteiger partial charge is 0.494 e. The van der Waals surface area contributed by atoms with Crippen LogP contribution in [0.1, 0.15) is 6.92 Å². The van der Waals surface area contributed by atoms with Gasteiger partial charge in [-0.05, 0) is 25.3 Å². The zero-order valence-corrected chi connectivity index (χ0v) is 11.2. The summed E-state index contributed by atoms with van der Waals surface area (Å²) in [6.07, 6.45) is 3.44. The van der Waals surface area contributed by atoms with Gasteiger partial charge in [0.05, 0.1) is 17.6 Å². The molecule has 0 amide bonds. The average Bonchev–Trinajstić information content (AvgIpc) is 2.39. The van der Waals surface area contributed by atoms with Crippen LogP contribution in [0, 0.1) is 21.6 Å². The number of nitro groups is 1. The maximum absolute atomic E-state index is 11.0. The normalized spacial score (nSPS) is 10.7. The summed E-state index contributed by atoms with van der Waals surface area (Å²) in [5.41, 5.74) is -0.00204. The first-order chi connectivity index (χ1) is 9.12. The van der Waals surface area contributed by atoms with E-state index in [-0.39, 0.29) is 16.5 Å². The van der Waals surface area contributed by atoms with E-state index in [1.165, 1.54) is 23.9 Å². The first-order valence-electron chi connectivity index (χ1n) is 5.31. The maximum Gasteiger partial charge on any atom is 0.298 e. The van der Waals surface area contributed by atoms with Crippen LogP contribution in [0.2, 0.25) is 0 Å². The van der Waals surface area contributed by atoms with E-state index in [4.69, 9.17) is 10.00 Å². The minimum absolute atomic E-state index is 0.167. The number of nitriles is 1. The molecule has 0 atom stereocenters. The second-order valence-corrected chi connectivity index (χ2v) is 3.99. The summed E-state index contributed by atoms with van der Waals surface area (Å²) in [7, 11) is 0. The molecular formula is C11H12N4O3S. The number of hydrogen-bond acceptors (Lipinski definition) is 6. The van der Waals surface area contributed by atoms with Crippen molar-refractivity contribution in [2.45, 2.75) is 6.92 Å². The fourth-order valence-corrected chi connectivity index (χ4v) is 1.62. The molecule has 0 aliphatic carbocycles. The Morgan fingerprint density at radius 3 is 2.95 bits per heavy atom. The molecule has 0 aliphatic rings. The van der Waals surface area contributed by atoms with Gasteiger partial charge in [0.25, 0.3) is 5.69 Å². The van der Waals surface area contributed by atoms with Gasteiger partial charge in [0.15, 0.2) is 11.4 Å². The highest BCUT2D eigenvalue weighted by atomic mass is 32.2. The zero-order valence-electron chi connectivity index (χ0n) is 10.4. The molecule has 0 bridgehead atoms. The van der Waals surface area contributed by atoms with Gasteiger partial charge < -0.3 is 4.74 Å². The highest BCUT2D eigenvalue weighted by Gasteiger charge is 2.15. The molecule has 1 rings (SSSR count). The molecule has 0 aromatic heterocycles. The van der Waals surface area contributed by atoms with E-state index < -0.39 is 4.92 Å². The van der Waals surface area contributed by atoms with E-state index in [0.29, 0.717) is 12.4 Å². The SMILES string of the molecule is CCOc1ccc(N=C(NC#N)SC)c([N+](=O)[O-])c1. The van der Waals surface area contributed by atoms with Gasteiger partial charge in [-0.2, -0.15) is 5.26 Å². The lowest BCUT2D eigenvalue weighted by Crippen LogP contribution is -2.12. The second-order valence-electron chi connectivity index (χ2n) is 3.20. The lowest BCUT2D eigenvalue weighted by molar-refractivity contribution is -0.384. The van der Waals surface area contributed by atoms with Gasteiger partial charge in [-0.25, -0.2) is 4.99 Å². The van der Waals surface area contributed by atoms with Gasteiger partial charge in [-0.3, -0.25) is 15.4 Å². The molecule has 0 unspecified atom stereocenters. The molecule has 0 heterocycles. The van der Waals surface area contributed by atoms with Crippen molar-refractivity contribution in [2.75, 3.05) is 12.9 Å². The van der Waals surface area contributed by atoms with Crippen LogP contribution < -0.4 is 10.1 Å². The molecule has 0 spiro atoms. The minimum atomic E-state index is -0.536. The Hall–Kier alpha value is -2.27. The summed E-state index contributed by atoms with van der Waals surface area (Å²) in [5, 5.41) is 22.2. The van der Waals surface area contributed by atoms with Crippen LogP contribution in [0.4, 0.5) is 11.4 Å². The van der Waals surface area contributed by atoms with Gasteiger partial charge in [-0.1, -0.05) is 11.8 Å². The van der Waals surface area contributed by atoms with Crippen molar-refractivity contribution in [3.63, 3.8) is 0 Å². The molecule has 1 N–H and O–H groups in total. The predicted octanol–water partition coefficient (Wildman–Crippen LogP) is 2.41. The summed E-state index contributed by atoms with van der Waals surface area (Å²) in [4.78, 5) is 14.5. The first kappa shape index (κ1) is 14.8. The molecule has 0 radical (unpaired) electrons. The van der Waals surface area contributed by atoms with Crippen LogP contribution in [-0.2, 0) is 0 Å². The van der Waals surface area contributed by atoms with Crippen molar-refractivity contribution in [2.24, 2.45) is 4.99 Å².